The van der Waals surface area contributed by atoms with Crippen LogP contribution in [-0.4, -0.2) is 54.0 Å². The van der Waals surface area contributed by atoms with Crippen molar-refractivity contribution in [2.75, 3.05) is 43.1 Å². The average Bonchev–Trinajstić information content (AvgIpc) is 2.44. The van der Waals surface area contributed by atoms with E-state index in [9.17, 15) is 5.11 Å². The zero-order chi connectivity index (χ0) is 13.7. The van der Waals surface area contributed by atoms with Crippen LogP contribution in [0.4, 0.5) is 11.8 Å². The van der Waals surface area contributed by atoms with Gasteiger partial charge in [0, 0.05) is 31.4 Å². The second-order valence-corrected chi connectivity index (χ2v) is 4.74. The van der Waals surface area contributed by atoms with E-state index in [0.29, 0.717) is 19.1 Å². The molecule has 6 nitrogen and oxygen atoms in total. The van der Waals surface area contributed by atoms with E-state index in [1.165, 1.54) is 0 Å². The molecule has 0 spiro atoms. The van der Waals surface area contributed by atoms with Crippen molar-refractivity contribution in [3.63, 3.8) is 0 Å². The molecule has 1 atom stereocenters. The molecule has 106 valence electrons. The van der Waals surface area contributed by atoms with Crippen LogP contribution in [0.25, 0.3) is 0 Å². The van der Waals surface area contributed by atoms with Gasteiger partial charge in [0.25, 0.3) is 0 Å². The number of anilines is 2. The Labute approximate surface area is 113 Å². The fourth-order valence-electron chi connectivity index (χ4n) is 2.07. The van der Waals surface area contributed by atoms with E-state index < -0.39 is 0 Å². The highest BCUT2D eigenvalue weighted by molar-refractivity contribution is 5.45. The van der Waals surface area contributed by atoms with Crippen molar-refractivity contribution in [3.8, 4) is 0 Å². The molecule has 2 N–H and O–H groups in total. The summed E-state index contributed by atoms with van der Waals surface area (Å²) in [6, 6.07) is 1.97. The normalized spacial score (nSPS) is 19.5. The lowest BCUT2D eigenvalue weighted by Gasteiger charge is -2.33. The second-order valence-electron chi connectivity index (χ2n) is 4.74. The van der Waals surface area contributed by atoms with Gasteiger partial charge in [-0.25, -0.2) is 4.98 Å². The van der Waals surface area contributed by atoms with Gasteiger partial charge in [0.2, 0.25) is 5.95 Å². The molecule has 0 aliphatic carbocycles. The Bertz CT molecular complexity index is 414. The first-order valence-corrected chi connectivity index (χ1v) is 6.80. The summed E-state index contributed by atoms with van der Waals surface area (Å²) in [6.07, 6.45) is 0.910. The van der Waals surface area contributed by atoms with Crippen molar-refractivity contribution in [2.45, 2.75) is 26.4 Å². The van der Waals surface area contributed by atoms with Gasteiger partial charge in [-0.05, 0) is 13.3 Å². The van der Waals surface area contributed by atoms with Crippen LogP contribution in [0.5, 0.6) is 0 Å². The minimum Gasteiger partial charge on any atom is -0.394 e. The lowest BCUT2D eigenvalue weighted by atomic mass is 10.2. The van der Waals surface area contributed by atoms with E-state index >= 15 is 0 Å². The Balaban J connectivity index is 2.11. The summed E-state index contributed by atoms with van der Waals surface area (Å²) >= 11 is 0. The Morgan fingerprint density at radius 1 is 1.53 bits per heavy atom. The molecule has 2 heterocycles. The van der Waals surface area contributed by atoms with Gasteiger partial charge < -0.3 is 20.1 Å². The number of nitrogens with one attached hydrogen (secondary N) is 1. The van der Waals surface area contributed by atoms with Crippen LogP contribution in [0.2, 0.25) is 0 Å². The van der Waals surface area contributed by atoms with Crippen molar-refractivity contribution >= 4 is 11.8 Å². The molecule has 0 aromatic carbocycles. The first-order valence-electron chi connectivity index (χ1n) is 6.80. The molecule has 1 aliphatic rings. The van der Waals surface area contributed by atoms with Gasteiger partial charge >= 0.3 is 0 Å². The van der Waals surface area contributed by atoms with Crippen LogP contribution < -0.4 is 10.2 Å². The van der Waals surface area contributed by atoms with Gasteiger partial charge in [-0.3, -0.25) is 0 Å². The van der Waals surface area contributed by atoms with Gasteiger partial charge in [0.15, 0.2) is 0 Å². The molecular formula is C13H22N4O2. The summed E-state index contributed by atoms with van der Waals surface area (Å²) in [4.78, 5) is 11.0. The quantitative estimate of drug-likeness (QED) is 0.821. The van der Waals surface area contributed by atoms with Crippen LogP contribution in [0.15, 0.2) is 6.07 Å². The summed E-state index contributed by atoms with van der Waals surface area (Å²) in [5.74, 6) is 1.57. The Kier molecular flexibility index (Phi) is 4.93. The maximum Gasteiger partial charge on any atom is 0.224 e. The molecule has 0 saturated carbocycles. The summed E-state index contributed by atoms with van der Waals surface area (Å²) in [5, 5.41) is 12.4. The fraction of sp³-hybridized carbons (Fsp3) is 0.692. The Hall–Kier alpha value is -1.40. The minimum absolute atomic E-state index is 0.0432. The van der Waals surface area contributed by atoms with Gasteiger partial charge in [-0.1, -0.05) is 6.92 Å². The van der Waals surface area contributed by atoms with Crippen molar-refractivity contribution in [3.05, 3.63) is 11.8 Å². The van der Waals surface area contributed by atoms with E-state index in [4.69, 9.17) is 4.74 Å². The largest absolute Gasteiger partial charge is 0.394 e. The smallest absolute Gasteiger partial charge is 0.224 e. The lowest BCUT2D eigenvalue weighted by molar-refractivity contribution is 0.00336. The first-order chi connectivity index (χ1) is 9.22. The zero-order valence-corrected chi connectivity index (χ0v) is 11.6. The fourth-order valence-corrected chi connectivity index (χ4v) is 2.07. The third-order valence-electron chi connectivity index (χ3n) is 3.04. The molecule has 1 unspecified atom stereocenters. The summed E-state index contributed by atoms with van der Waals surface area (Å²) in [7, 11) is 0. The molecule has 0 amide bonds. The number of aliphatic hydroxyl groups excluding tert-OH is 1. The predicted molar refractivity (Wildman–Crippen MR) is 74.6 cm³/mol. The predicted octanol–water partition coefficient (Wildman–Crippen LogP) is 0.804. The van der Waals surface area contributed by atoms with Crippen LogP contribution >= 0.6 is 0 Å². The van der Waals surface area contributed by atoms with Crippen molar-refractivity contribution in [1.82, 2.24) is 9.97 Å². The number of aliphatic hydroxyl groups is 1. The number of hydrogen-bond donors (Lipinski definition) is 2. The number of rotatable bonds is 5. The van der Waals surface area contributed by atoms with E-state index in [0.717, 1.165) is 31.0 Å². The number of aryl methyl sites for hydroxylation is 1. The number of nitrogens with zero attached hydrogens (tertiary/aromatic N) is 3. The van der Waals surface area contributed by atoms with Crippen molar-refractivity contribution in [2.24, 2.45) is 0 Å². The number of aromatic nitrogens is 2. The monoisotopic (exact) mass is 266 g/mol. The number of ether oxygens (including phenoxy) is 1. The second kappa shape index (κ2) is 6.68. The summed E-state index contributed by atoms with van der Waals surface area (Å²) in [6.45, 7) is 7.06. The topological polar surface area (TPSA) is 70.5 Å². The van der Waals surface area contributed by atoms with Crippen LogP contribution in [0.3, 0.4) is 0 Å². The maximum absolute atomic E-state index is 9.18. The zero-order valence-electron chi connectivity index (χ0n) is 11.6. The molecule has 0 bridgehead atoms. The number of hydrogen-bond acceptors (Lipinski definition) is 6. The van der Waals surface area contributed by atoms with Crippen LogP contribution in [0, 0.1) is 6.92 Å². The molecule has 1 saturated heterocycles. The SMILES string of the molecule is CCCNc1nc(C)cc(N2CCOC(CO)C2)n1. The standard InChI is InChI=1S/C13H22N4O2/c1-3-4-14-13-15-10(2)7-12(16-13)17-5-6-19-11(8-17)9-18/h7,11,18H,3-6,8-9H2,1-2H3,(H,14,15,16). The van der Waals surface area contributed by atoms with E-state index in [-0.39, 0.29) is 12.7 Å². The maximum atomic E-state index is 9.18. The number of morpholine rings is 1. The molecule has 0 radical (unpaired) electrons. The third kappa shape index (κ3) is 3.78. The Morgan fingerprint density at radius 2 is 2.37 bits per heavy atom. The molecule has 19 heavy (non-hydrogen) atoms. The molecule has 2 rings (SSSR count). The van der Waals surface area contributed by atoms with Crippen LogP contribution in [0.1, 0.15) is 19.0 Å². The van der Waals surface area contributed by atoms with Gasteiger partial charge in [-0.2, -0.15) is 4.98 Å². The molecule has 1 aromatic heterocycles. The highest BCUT2D eigenvalue weighted by Crippen LogP contribution is 2.18. The molecule has 1 aromatic rings. The van der Waals surface area contributed by atoms with Crippen LogP contribution in [-0.2, 0) is 4.74 Å². The van der Waals surface area contributed by atoms with E-state index in [1.807, 2.05) is 13.0 Å². The van der Waals surface area contributed by atoms with Crippen molar-refractivity contribution in [1.29, 1.82) is 0 Å². The lowest BCUT2D eigenvalue weighted by Crippen LogP contribution is -2.44. The molecular weight excluding hydrogens is 244 g/mol. The van der Waals surface area contributed by atoms with Crippen molar-refractivity contribution < 1.29 is 9.84 Å². The molecule has 6 heteroatoms. The highest BCUT2D eigenvalue weighted by Gasteiger charge is 2.21. The first kappa shape index (κ1) is 14.0. The van der Waals surface area contributed by atoms with Gasteiger partial charge in [-0.15, -0.1) is 0 Å². The molecule has 1 fully saturated rings. The third-order valence-corrected chi connectivity index (χ3v) is 3.04. The van der Waals surface area contributed by atoms with Gasteiger partial charge in [0.1, 0.15) is 5.82 Å². The van der Waals surface area contributed by atoms with E-state index in [2.05, 4.69) is 27.1 Å². The van der Waals surface area contributed by atoms with Gasteiger partial charge in [0.05, 0.1) is 19.3 Å². The minimum atomic E-state index is -0.129. The average molecular weight is 266 g/mol. The summed E-state index contributed by atoms with van der Waals surface area (Å²) in [5.41, 5.74) is 0.940. The van der Waals surface area contributed by atoms with E-state index in [1.54, 1.807) is 0 Å². The Morgan fingerprint density at radius 3 is 3.11 bits per heavy atom. The highest BCUT2D eigenvalue weighted by atomic mass is 16.5. The summed E-state index contributed by atoms with van der Waals surface area (Å²) < 4.78 is 5.45. The molecule has 1 aliphatic heterocycles.